The molecule has 2 aromatic carbocycles. The highest BCUT2D eigenvalue weighted by Gasteiger charge is 2.38. The predicted octanol–water partition coefficient (Wildman–Crippen LogP) is 5.41. The molecule has 1 heterocycles. The fourth-order valence-corrected chi connectivity index (χ4v) is 4.06. The van der Waals surface area contributed by atoms with E-state index in [1.165, 1.54) is 11.6 Å². The van der Waals surface area contributed by atoms with Crippen LogP contribution in [0.2, 0.25) is 0 Å². The van der Waals surface area contributed by atoms with E-state index in [1.807, 2.05) is 24.3 Å². The summed E-state index contributed by atoms with van der Waals surface area (Å²) in [4.78, 5) is 0. The van der Waals surface area contributed by atoms with Gasteiger partial charge in [0.25, 0.3) is 0 Å². The van der Waals surface area contributed by atoms with Gasteiger partial charge in [-0.25, -0.2) is 4.39 Å². The molecule has 0 unspecified atom stereocenters. The average molecular weight is 344 g/mol. The quantitative estimate of drug-likeness (QED) is 0.682. The van der Waals surface area contributed by atoms with E-state index >= 15 is 0 Å². The standard InChI is InChI=1S/C18H15BrFN/c19-12-9-15-13-7-4-8-14(13)17(11-5-2-1-3-6-11)21-18(15)16(20)10-12/h1-7,9-10,13-14,17,21H,8H2/t13-,14-,17-/m1/s1. The van der Waals surface area contributed by atoms with Gasteiger partial charge in [0.2, 0.25) is 0 Å². The van der Waals surface area contributed by atoms with Crippen molar-refractivity contribution in [1.29, 1.82) is 0 Å². The summed E-state index contributed by atoms with van der Waals surface area (Å²) >= 11 is 3.41. The smallest absolute Gasteiger partial charge is 0.147 e. The molecule has 2 aromatic rings. The van der Waals surface area contributed by atoms with Gasteiger partial charge in [-0.15, -0.1) is 0 Å². The van der Waals surface area contributed by atoms with Gasteiger partial charge in [-0.05, 0) is 35.6 Å². The minimum atomic E-state index is -0.181. The minimum Gasteiger partial charge on any atom is -0.375 e. The Labute approximate surface area is 132 Å². The van der Waals surface area contributed by atoms with Crippen molar-refractivity contribution in [2.24, 2.45) is 5.92 Å². The van der Waals surface area contributed by atoms with Crippen LogP contribution in [0, 0.1) is 11.7 Å². The van der Waals surface area contributed by atoms with E-state index in [2.05, 4.69) is 45.5 Å². The molecule has 0 spiro atoms. The normalized spacial score (nSPS) is 26.1. The molecule has 3 atom stereocenters. The molecule has 0 amide bonds. The second-order valence-corrected chi connectivity index (χ2v) is 6.65. The first-order chi connectivity index (χ1) is 10.2. The largest absolute Gasteiger partial charge is 0.375 e. The molecule has 1 aliphatic heterocycles. The van der Waals surface area contributed by atoms with Crippen LogP contribution in [0.3, 0.4) is 0 Å². The van der Waals surface area contributed by atoms with Gasteiger partial charge in [0.15, 0.2) is 0 Å². The van der Waals surface area contributed by atoms with Crippen LogP contribution < -0.4 is 5.32 Å². The summed E-state index contributed by atoms with van der Waals surface area (Å²) in [6.07, 6.45) is 5.48. The molecular formula is C18H15BrFN. The maximum atomic E-state index is 14.4. The van der Waals surface area contributed by atoms with Gasteiger partial charge in [0.1, 0.15) is 5.82 Å². The molecule has 0 aromatic heterocycles. The molecule has 1 nitrogen and oxygen atoms in total. The lowest BCUT2D eigenvalue weighted by Gasteiger charge is -2.37. The average Bonchev–Trinajstić information content (AvgIpc) is 2.97. The Morgan fingerprint density at radius 2 is 1.95 bits per heavy atom. The van der Waals surface area contributed by atoms with Crippen LogP contribution in [0.1, 0.15) is 29.5 Å². The first-order valence-electron chi connectivity index (χ1n) is 7.21. The molecule has 0 saturated carbocycles. The second kappa shape index (κ2) is 4.99. The zero-order valence-corrected chi connectivity index (χ0v) is 13.0. The SMILES string of the molecule is Fc1cc(Br)cc2c1N[C@H](c1ccccc1)[C@@H]1CC=C[C@@H]21. The van der Waals surface area contributed by atoms with Crippen molar-refractivity contribution in [3.8, 4) is 0 Å². The summed E-state index contributed by atoms with van der Waals surface area (Å²) < 4.78 is 15.2. The third kappa shape index (κ3) is 2.11. The lowest BCUT2D eigenvalue weighted by molar-refractivity contribution is 0.420. The first kappa shape index (κ1) is 13.1. The molecule has 106 valence electrons. The van der Waals surface area contributed by atoms with Crippen LogP contribution in [0.15, 0.2) is 59.1 Å². The maximum Gasteiger partial charge on any atom is 0.147 e. The number of anilines is 1. The zero-order valence-electron chi connectivity index (χ0n) is 11.4. The summed E-state index contributed by atoms with van der Waals surface area (Å²) in [5.74, 6) is 0.561. The third-order valence-corrected chi connectivity index (χ3v) is 5.00. The predicted molar refractivity (Wildman–Crippen MR) is 86.9 cm³/mol. The van der Waals surface area contributed by atoms with Crippen LogP contribution in [0.5, 0.6) is 0 Å². The Hall–Kier alpha value is -1.61. The van der Waals surface area contributed by atoms with E-state index in [9.17, 15) is 4.39 Å². The van der Waals surface area contributed by atoms with E-state index < -0.39 is 0 Å². The molecule has 0 fully saturated rings. The van der Waals surface area contributed by atoms with Crippen molar-refractivity contribution >= 4 is 21.6 Å². The Bertz CT molecular complexity index is 711. The number of hydrogen-bond donors (Lipinski definition) is 1. The first-order valence-corrected chi connectivity index (χ1v) is 8.00. The van der Waals surface area contributed by atoms with Gasteiger partial charge in [0, 0.05) is 10.4 Å². The summed E-state index contributed by atoms with van der Waals surface area (Å²) in [7, 11) is 0. The molecular weight excluding hydrogens is 329 g/mol. The second-order valence-electron chi connectivity index (χ2n) is 5.74. The molecule has 1 aliphatic carbocycles. The fraction of sp³-hybridized carbons (Fsp3) is 0.222. The Balaban J connectivity index is 1.84. The number of allylic oxidation sites excluding steroid dienone is 2. The summed E-state index contributed by atoms with van der Waals surface area (Å²) in [5.41, 5.74) is 2.94. The Morgan fingerprint density at radius 1 is 1.14 bits per heavy atom. The highest BCUT2D eigenvalue weighted by atomic mass is 79.9. The van der Waals surface area contributed by atoms with Gasteiger partial charge in [-0.3, -0.25) is 0 Å². The fourth-order valence-electron chi connectivity index (χ4n) is 3.61. The van der Waals surface area contributed by atoms with Crippen molar-refractivity contribution in [2.45, 2.75) is 18.4 Å². The van der Waals surface area contributed by atoms with Gasteiger partial charge < -0.3 is 5.32 Å². The van der Waals surface area contributed by atoms with Crippen LogP contribution in [-0.4, -0.2) is 0 Å². The number of nitrogens with one attached hydrogen (secondary N) is 1. The van der Waals surface area contributed by atoms with Crippen molar-refractivity contribution in [3.63, 3.8) is 0 Å². The highest BCUT2D eigenvalue weighted by molar-refractivity contribution is 9.10. The minimum absolute atomic E-state index is 0.161. The Kier molecular flexibility index (Phi) is 3.11. The summed E-state index contributed by atoms with van der Waals surface area (Å²) in [5, 5.41) is 3.44. The molecule has 4 rings (SSSR count). The van der Waals surface area contributed by atoms with Gasteiger partial charge in [0.05, 0.1) is 11.7 Å². The van der Waals surface area contributed by atoms with Crippen molar-refractivity contribution in [2.75, 3.05) is 5.32 Å². The van der Waals surface area contributed by atoms with Crippen molar-refractivity contribution < 1.29 is 4.39 Å². The number of benzene rings is 2. The van der Waals surface area contributed by atoms with Crippen molar-refractivity contribution in [3.05, 3.63) is 76.0 Å². The summed E-state index contributed by atoms with van der Waals surface area (Å²) in [6, 6.07) is 14.1. The number of fused-ring (bicyclic) bond motifs is 3. The molecule has 2 aliphatic rings. The number of halogens is 2. The lowest BCUT2D eigenvalue weighted by Crippen LogP contribution is -2.29. The molecule has 0 saturated heterocycles. The highest BCUT2D eigenvalue weighted by Crippen LogP contribution is 2.50. The van der Waals surface area contributed by atoms with E-state index in [0.717, 1.165) is 16.5 Å². The van der Waals surface area contributed by atoms with Gasteiger partial charge in [-0.2, -0.15) is 0 Å². The molecule has 21 heavy (non-hydrogen) atoms. The topological polar surface area (TPSA) is 12.0 Å². The molecule has 0 radical (unpaired) electrons. The maximum absolute atomic E-state index is 14.4. The zero-order chi connectivity index (χ0) is 14.4. The van der Waals surface area contributed by atoms with E-state index in [-0.39, 0.29) is 11.9 Å². The van der Waals surface area contributed by atoms with E-state index in [4.69, 9.17) is 0 Å². The van der Waals surface area contributed by atoms with Gasteiger partial charge >= 0.3 is 0 Å². The summed E-state index contributed by atoms with van der Waals surface area (Å²) in [6.45, 7) is 0. The van der Waals surface area contributed by atoms with Crippen molar-refractivity contribution in [1.82, 2.24) is 0 Å². The van der Waals surface area contributed by atoms with Gasteiger partial charge in [-0.1, -0.05) is 58.4 Å². The lowest BCUT2D eigenvalue weighted by atomic mass is 9.77. The van der Waals surface area contributed by atoms with Crippen LogP contribution in [0.4, 0.5) is 10.1 Å². The monoisotopic (exact) mass is 343 g/mol. The van der Waals surface area contributed by atoms with E-state index in [0.29, 0.717) is 17.5 Å². The van der Waals surface area contributed by atoms with Crippen LogP contribution in [0.25, 0.3) is 0 Å². The number of hydrogen-bond acceptors (Lipinski definition) is 1. The Morgan fingerprint density at radius 3 is 2.76 bits per heavy atom. The third-order valence-electron chi connectivity index (χ3n) is 4.54. The number of rotatable bonds is 1. The molecule has 3 heteroatoms. The molecule has 0 bridgehead atoms. The van der Waals surface area contributed by atoms with Crippen LogP contribution in [-0.2, 0) is 0 Å². The van der Waals surface area contributed by atoms with Crippen LogP contribution >= 0.6 is 15.9 Å². The molecule has 1 N–H and O–H groups in total. The van der Waals surface area contributed by atoms with E-state index in [1.54, 1.807) is 0 Å².